The number of nitrogens with zero attached hydrogens (tertiary/aromatic N) is 1. The summed E-state index contributed by atoms with van der Waals surface area (Å²) in [4.78, 5) is 88.3. The van der Waals surface area contributed by atoms with Crippen molar-refractivity contribution in [3.63, 3.8) is 0 Å². The maximum absolute atomic E-state index is 12.3. The molecule has 2 atom stereocenters. The van der Waals surface area contributed by atoms with Gasteiger partial charge in [0.15, 0.2) is 6.29 Å². The Morgan fingerprint density at radius 2 is 1.34 bits per heavy atom. The molecule has 0 bridgehead atoms. The first kappa shape index (κ1) is 63.3. The summed E-state index contributed by atoms with van der Waals surface area (Å²) in [5, 5.41) is 35.6. The molecule has 18 nitrogen and oxygen atoms in total. The molecule has 0 aliphatic rings. The summed E-state index contributed by atoms with van der Waals surface area (Å²) in [5.74, 6) is -3.81. The SMILES string of the molecule is CC.CCCCCCNC(=O)CCCCCNC.CNOCCCCNC(=O)CCC(NC=O)C(=O)O.O=C(O)CCCC(=O)O.O=Cc1cnc(F)c(Cl)c1.OP. The number of aldehydes is 1. The summed E-state index contributed by atoms with van der Waals surface area (Å²) in [5.41, 5.74) is 2.81. The fraction of sp³-hybridized carbons (Fsp3) is 0.676. The molecule has 9 N–H and O–H groups in total. The number of pyridine rings is 1. The van der Waals surface area contributed by atoms with E-state index >= 15 is 0 Å². The molecule has 338 valence electrons. The van der Waals surface area contributed by atoms with Gasteiger partial charge in [0.25, 0.3) is 0 Å². The third-order valence-electron chi connectivity index (χ3n) is 6.78. The number of halogens is 2. The number of unbranched alkanes of at least 4 members (excludes halogenated alkanes) is 6. The Morgan fingerprint density at radius 3 is 1.81 bits per heavy atom. The molecule has 1 aromatic rings. The Kier molecular flexibility index (Phi) is 55.8. The van der Waals surface area contributed by atoms with Gasteiger partial charge in [-0.25, -0.2) is 15.3 Å². The predicted octanol–water partition coefficient (Wildman–Crippen LogP) is 4.28. The second kappa shape index (κ2) is 51.1. The van der Waals surface area contributed by atoms with Crippen LogP contribution in [0.2, 0.25) is 5.02 Å². The lowest BCUT2D eigenvalue weighted by Gasteiger charge is -2.10. The maximum Gasteiger partial charge on any atom is 0.326 e. The van der Waals surface area contributed by atoms with Crippen molar-refractivity contribution in [1.29, 1.82) is 0 Å². The fourth-order valence-electron chi connectivity index (χ4n) is 3.88. The molecule has 1 heterocycles. The smallest absolute Gasteiger partial charge is 0.326 e. The van der Waals surface area contributed by atoms with E-state index in [0.29, 0.717) is 32.3 Å². The number of rotatable bonds is 28. The van der Waals surface area contributed by atoms with Crippen LogP contribution in [0.4, 0.5) is 4.39 Å². The minimum atomic E-state index is -1.15. The second-order valence-electron chi connectivity index (χ2n) is 11.4. The number of carboxylic acid groups (broad SMARTS) is 3. The number of nitrogens with one attached hydrogen (secondary N) is 5. The average Bonchev–Trinajstić information content (AvgIpc) is 3.20. The van der Waals surface area contributed by atoms with Gasteiger partial charge in [0, 0.05) is 57.6 Å². The lowest BCUT2D eigenvalue weighted by atomic mass is 10.1. The van der Waals surface area contributed by atoms with E-state index in [0.717, 1.165) is 51.4 Å². The quantitative estimate of drug-likeness (QED) is 0.0187. The van der Waals surface area contributed by atoms with Crippen LogP contribution in [-0.2, 0) is 33.6 Å². The van der Waals surface area contributed by atoms with E-state index in [-0.39, 0.29) is 54.5 Å². The van der Waals surface area contributed by atoms with Crippen LogP contribution < -0.4 is 26.7 Å². The Balaban J connectivity index is -0.000000217. The fourth-order valence-corrected chi connectivity index (χ4v) is 4.05. The van der Waals surface area contributed by atoms with Crippen LogP contribution in [-0.4, -0.2) is 114 Å². The first-order valence-electron chi connectivity index (χ1n) is 19.1. The Bertz CT molecular complexity index is 1170. The largest absolute Gasteiger partial charge is 0.481 e. The van der Waals surface area contributed by atoms with Crippen LogP contribution in [0.5, 0.6) is 0 Å². The van der Waals surface area contributed by atoms with E-state index in [4.69, 9.17) is 36.7 Å². The van der Waals surface area contributed by atoms with Crippen LogP contribution in [0.15, 0.2) is 12.3 Å². The first-order valence-corrected chi connectivity index (χ1v) is 20.0. The number of carbonyl (C=O) groups is 7. The molecule has 58 heavy (non-hydrogen) atoms. The highest BCUT2D eigenvalue weighted by molar-refractivity contribution is 7.08. The van der Waals surface area contributed by atoms with Crippen molar-refractivity contribution < 1.29 is 63.0 Å². The third-order valence-corrected chi connectivity index (χ3v) is 7.05. The van der Waals surface area contributed by atoms with E-state index in [1.54, 1.807) is 7.05 Å². The molecule has 0 aliphatic heterocycles. The topological polar surface area (TPSA) is 283 Å². The Morgan fingerprint density at radius 1 is 0.810 bits per heavy atom. The summed E-state index contributed by atoms with van der Waals surface area (Å²) in [6.45, 7) is 9.19. The van der Waals surface area contributed by atoms with Gasteiger partial charge >= 0.3 is 17.9 Å². The highest BCUT2D eigenvalue weighted by atomic mass is 35.5. The molecule has 21 heteroatoms. The lowest BCUT2D eigenvalue weighted by Crippen LogP contribution is -2.37. The van der Waals surface area contributed by atoms with Crippen molar-refractivity contribution in [2.24, 2.45) is 0 Å². The predicted molar refractivity (Wildman–Crippen MR) is 224 cm³/mol. The van der Waals surface area contributed by atoms with Gasteiger partial charge in [0.05, 0.1) is 11.6 Å². The van der Waals surface area contributed by atoms with Crippen molar-refractivity contribution in [2.45, 2.75) is 123 Å². The van der Waals surface area contributed by atoms with E-state index in [2.05, 4.69) is 38.7 Å². The number of carboxylic acids is 3. The number of carbonyl (C=O) groups excluding carboxylic acids is 4. The van der Waals surface area contributed by atoms with E-state index in [9.17, 15) is 38.0 Å². The average molecular weight is 875 g/mol. The van der Waals surface area contributed by atoms with Gasteiger partial charge in [-0.3, -0.25) is 28.8 Å². The van der Waals surface area contributed by atoms with Crippen molar-refractivity contribution in [2.75, 3.05) is 40.3 Å². The summed E-state index contributed by atoms with van der Waals surface area (Å²) in [7, 11) is 5.05. The monoisotopic (exact) mass is 874 g/mol. The minimum Gasteiger partial charge on any atom is -0.481 e. The summed E-state index contributed by atoms with van der Waals surface area (Å²) < 4.78 is 12.3. The molecule has 0 aromatic carbocycles. The molecule has 2 unspecified atom stereocenters. The molecule has 0 saturated heterocycles. The Hall–Kier alpha value is -3.87. The summed E-state index contributed by atoms with van der Waals surface area (Å²) in [6, 6.07) is 0.198. The third kappa shape index (κ3) is 52.1. The van der Waals surface area contributed by atoms with Crippen molar-refractivity contribution in [3.8, 4) is 0 Å². The van der Waals surface area contributed by atoms with Crippen LogP contribution in [0.25, 0.3) is 0 Å². The zero-order valence-electron chi connectivity index (χ0n) is 34.7. The van der Waals surface area contributed by atoms with Gasteiger partial charge in [-0.2, -0.15) is 4.39 Å². The van der Waals surface area contributed by atoms with E-state index in [1.165, 1.54) is 41.2 Å². The lowest BCUT2D eigenvalue weighted by molar-refractivity contribution is -0.141. The molecular weight excluding hydrogens is 806 g/mol. The molecule has 0 fully saturated rings. The highest BCUT2D eigenvalue weighted by Crippen LogP contribution is 2.11. The number of hydroxylamine groups is 1. The number of hydrogen-bond donors (Lipinski definition) is 9. The molecular formula is C37H69ClFN6O12P. The van der Waals surface area contributed by atoms with Gasteiger partial charge in [0.2, 0.25) is 24.2 Å². The zero-order chi connectivity index (χ0) is 45.4. The molecule has 0 saturated carbocycles. The molecule has 0 radical (unpaired) electrons. The van der Waals surface area contributed by atoms with Gasteiger partial charge in [0.1, 0.15) is 6.04 Å². The van der Waals surface area contributed by atoms with E-state index in [1.807, 2.05) is 20.9 Å². The molecule has 3 amide bonds. The van der Waals surface area contributed by atoms with Crippen LogP contribution >= 0.6 is 21.1 Å². The maximum atomic E-state index is 12.3. The first-order chi connectivity index (χ1) is 27.8. The second-order valence-corrected chi connectivity index (χ2v) is 11.9. The number of amides is 3. The van der Waals surface area contributed by atoms with Crippen LogP contribution in [0.3, 0.4) is 0 Å². The van der Waals surface area contributed by atoms with Gasteiger partial charge < -0.3 is 46.3 Å². The minimum absolute atomic E-state index is 0.0603. The van der Waals surface area contributed by atoms with Gasteiger partial charge in [-0.1, -0.05) is 58.1 Å². The normalized spacial score (nSPS) is 9.88. The van der Waals surface area contributed by atoms with Gasteiger partial charge in [-0.05, 0) is 74.1 Å². The van der Waals surface area contributed by atoms with Crippen molar-refractivity contribution in [3.05, 3.63) is 28.8 Å². The number of aromatic nitrogens is 1. The van der Waals surface area contributed by atoms with Crippen LogP contribution in [0, 0.1) is 5.95 Å². The summed E-state index contributed by atoms with van der Waals surface area (Å²) >= 11 is 5.30. The zero-order valence-corrected chi connectivity index (χ0v) is 36.6. The van der Waals surface area contributed by atoms with Crippen molar-refractivity contribution >= 4 is 63.5 Å². The molecule has 0 spiro atoms. The number of aliphatic carboxylic acids is 3. The number of hydrogen-bond acceptors (Lipinski definition) is 12. The van der Waals surface area contributed by atoms with E-state index < -0.39 is 29.9 Å². The Labute approximate surface area is 349 Å². The summed E-state index contributed by atoms with van der Waals surface area (Å²) in [6.07, 6.45) is 12.7. The molecule has 1 rings (SSSR count). The molecule has 1 aromatic heterocycles. The highest BCUT2D eigenvalue weighted by Gasteiger charge is 2.17. The van der Waals surface area contributed by atoms with Crippen LogP contribution in [0.1, 0.15) is 127 Å². The van der Waals surface area contributed by atoms with Crippen molar-refractivity contribution in [1.82, 2.24) is 31.7 Å². The molecule has 0 aliphatic carbocycles. The van der Waals surface area contributed by atoms with Gasteiger partial charge in [-0.15, -0.1) is 0 Å². The standard InChI is InChI=1S/C13H28N2O.C11H21N3O5.C6H3ClFNO.C5H8O4.C2H6.H3OP/c1-3-4-5-9-12-15-13(16)10-7-6-8-11-14-2;1-12-19-7-3-2-6-13-10(16)5-4-9(11(17)18)14-8-15;7-5-1-4(3-10)2-9-6(5)8;6-4(7)2-1-3-5(8)9;2*1-2/h14H,3-12H2,1-2H3,(H,15,16);8-9,12H,2-7H2,1H3,(H,13,16)(H,14,15)(H,17,18);1-3H;1-3H2,(H,6,7)(H,8,9);1-2H3;1H,2H2.